The lowest BCUT2D eigenvalue weighted by Crippen LogP contribution is -2.42. The van der Waals surface area contributed by atoms with Crippen molar-refractivity contribution in [1.82, 2.24) is 14.6 Å². The molecule has 148 valence electrons. The Labute approximate surface area is 168 Å². The Balaban J connectivity index is 1.85. The van der Waals surface area contributed by atoms with Crippen molar-refractivity contribution in [1.29, 1.82) is 0 Å². The van der Waals surface area contributed by atoms with Crippen LogP contribution in [0.5, 0.6) is 0 Å². The maximum Gasteiger partial charge on any atom is 0.265 e. The van der Waals surface area contributed by atoms with Crippen molar-refractivity contribution < 1.29 is 13.2 Å². The third-order valence-electron chi connectivity index (χ3n) is 4.77. The van der Waals surface area contributed by atoms with E-state index in [-0.39, 0.29) is 10.1 Å². The van der Waals surface area contributed by atoms with E-state index in [2.05, 4.69) is 9.71 Å². The highest BCUT2D eigenvalue weighted by Crippen LogP contribution is 2.34. The fraction of sp³-hybridized carbons (Fsp3) is 0.556. The number of nitrogens with zero attached hydrogens (tertiary/aromatic N) is 2. The Hall–Kier alpha value is -1.29. The van der Waals surface area contributed by atoms with Crippen molar-refractivity contribution in [3.05, 3.63) is 22.0 Å². The van der Waals surface area contributed by atoms with Crippen LogP contribution >= 0.6 is 22.7 Å². The molecule has 0 saturated carbocycles. The lowest BCUT2D eigenvalue weighted by atomic mass is 10.0. The normalized spacial score (nSPS) is 15.5. The summed E-state index contributed by atoms with van der Waals surface area (Å²) in [4.78, 5) is 19.7. The van der Waals surface area contributed by atoms with Crippen molar-refractivity contribution >= 4 is 38.6 Å². The van der Waals surface area contributed by atoms with Crippen LogP contribution in [0.3, 0.4) is 0 Å². The molecule has 1 N–H and O–H groups in total. The van der Waals surface area contributed by atoms with Gasteiger partial charge in [0.25, 0.3) is 15.9 Å². The summed E-state index contributed by atoms with van der Waals surface area (Å²) in [7, 11) is -3.58. The number of thiazole rings is 1. The predicted octanol–water partition coefficient (Wildman–Crippen LogP) is 3.88. The first kappa shape index (κ1) is 20.4. The van der Waals surface area contributed by atoms with Gasteiger partial charge in [-0.25, -0.2) is 18.1 Å². The summed E-state index contributed by atoms with van der Waals surface area (Å²) >= 11 is 2.51. The molecule has 1 aliphatic rings. The number of amides is 1. The van der Waals surface area contributed by atoms with Crippen LogP contribution in [0.1, 0.15) is 55.4 Å². The number of aryl methyl sites for hydroxylation is 1. The Morgan fingerprint density at radius 1 is 1.33 bits per heavy atom. The fourth-order valence-corrected chi connectivity index (χ4v) is 6.58. The Morgan fingerprint density at radius 3 is 2.63 bits per heavy atom. The van der Waals surface area contributed by atoms with Gasteiger partial charge >= 0.3 is 0 Å². The van der Waals surface area contributed by atoms with Crippen LogP contribution in [0, 0.1) is 6.92 Å². The first-order valence-corrected chi connectivity index (χ1v) is 12.2. The minimum atomic E-state index is -3.58. The zero-order chi connectivity index (χ0) is 19.8. The first-order valence-electron chi connectivity index (χ1n) is 9.02. The molecule has 3 heterocycles. The molecule has 2 aromatic heterocycles. The van der Waals surface area contributed by atoms with Gasteiger partial charge in [0.2, 0.25) is 0 Å². The van der Waals surface area contributed by atoms with Crippen molar-refractivity contribution in [2.24, 2.45) is 0 Å². The number of carbonyl (C=O) groups is 1. The summed E-state index contributed by atoms with van der Waals surface area (Å²) in [5.74, 6) is 0.0307. The lowest BCUT2D eigenvalue weighted by Gasteiger charge is -2.23. The third-order valence-corrected chi connectivity index (χ3v) is 9.10. The van der Waals surface area contributed by atoms with Crippen molar-refractivity contribution in [3.63, 3.8) is 0 Å². The second kappa shape index (κ2) is 7.62. The van der Waals surface area contributed by atoms with Gasteiger partial charge in [0, 0.05) is 29.6 Å². The standard InChI is InChI=1S/C18H25N3O3S3/c1-5-18(3,4)20-27(23,24)14-10-13(11-25-14)16-19-12(2)15(26-16)17(22)21-8-6-7-9-21/h10-11,20H,5-9H2,1-4H3. The molecule has 6 nitrogen and oxygen atoms in total. The van der Waals surface area contributed by atoms with Gasteiger partial charge in [0.1, 0.15) is 14.1 Å². The molecule has 1 saturated heterocycles. The highest BCUT2D eigenvalue weighted by molar-refractivity contribution is 7.91. The topological polar surface area (TPSA) is 79.4 Å². The molecular formula is C18H25N3O3S3. The Kier molecular flexibility index (Phi) is 5.77. The number of aromatic nitrogens is 1. The van der Waals surface area contributed by atoms with Gasteiger partial charge in [0.05, 0.1) is 5.69 Å². The lowest BCUT2D eigenvalue weighted by molar-refractivity contribution is 0.0796. The molecule has 27 heavy (non-hydrogen) atoms. The minimum Gasteiger partial charge on any atom is -0.338 e. The first-order chi connectivity index (χ1) is 12.6. The number of carbonyl (C=O) groups excluding carboxylic acids is 1. The van der Waals surface area contributed by atoms with Crippen molar-refractivity contribution in [2.45, 2.75) is 56.7 Å². The molecule has 9 heteroatoms. The zero-order valence-corrected chi connectivity index (χ0v) is 18.5. The molecule has 0 bridgehead atoms. The number of sulfonamides is 1. The van der Waals surface area contributed by atoms with E-state index < -0.39 is 15.6 Å². The SMILES string of the molecule is CCC(C)(C)NS(=O)(=O)c1cc(-c2nc(C)c(C(=O)N3CCCC3)s2)cs1. The summed E-state index contributed by atoms with van der Waals surface area (Å²) in [6, 6.07) is 1.64. The predicted molar refractivity (Wildman–Crippen MR) is 110 cm³/mol. The number of hydrogen-bond donors (Lipinski definition) is 1. The number of nitrogens with one attached hydrogen (secondary N) is 1. The highest BCUT2D eigenvalue weighted by atomic mass is 32.2. The van der Waals surface area contributed by atoms with E-state index in [1.165, 1.54) is 22.7 Å². The summed E-state index contributed by atoms with van der Waals surface area (Å²) in [6.45, 7) is 9.09. The van der Waals surface area contributed by atoms with Crippen molar-refractivity contribution in [2.75, 3.05) is 13.1 Å². The van der Waals surface area contributed by atoms with Gasteiger partial charge in [-0.15, -0.1) is 22.7 Å². The Morgan fingerprint density at radius 2 is 2.00 bits per heavy atom. The molecular weight excluding hydrogens is 402 g/mol. The molecule has 2 aromatic rings. The van der Waals surface area contributed by atoms with E-state index in [1.807, 2.05) is 32.6 Å². The maximum atomic E-state index is 12.7. The molecule has 0 unspecified atom stereocenters. The van der Waals surface area contributed by atoms with Gasteiger partial charge in [-0.2, -0.15) is 0 Å². The smallest absolute Gasteiger partial charge is 0.265 e. The van der Waals surface area contributed by atoms with E-state index in [0.29, 0.717) is 22.0 Å². The van der Waals surface area contributed by atoms with E-state index in [0.717, 1.165) is 31.5 Å². The van der Waals surface area contributed by atoms with Crippen LogP contribution in [0.4, 0.5) is 0 Å². The molecule has 0 aliphatic carbocycles. The molecule has 0 radical (unpaired) electrons. The van der Waals surface area contributed by atoms with Gasteiger partial charge in [-0.1, -0.05) is 6.92 Å². The quantitative estimate of drug-likeness (QED) is 0.759. The average Bonchev–Trinajstić information content (AvgIpc) is 3.33. The average molecular weight is 428 g/mol. The molecule has 1 fully saturated rings. The molecule has 1 aliphatic heterocycles. The molecule has 1 amide bonds. The summed E-state index contributed by atoms with van der Waals surface area (Å²) in [5, 5.41) is 2.47. The van der Waals surface area contributed by atoms with Crippen LogP contribution in [0.25, 0.3) is 10.6 Å². The van der Waals surface area contributed by atoms with E-state index >= 15 is 0 Å². The van der Waals surface area contributed by atoms with Crippen molar-refractivity contribution in [3.8, 4) is 10.6 Å². The number of thiophene rings is 1. The van der Waals surface area contributed by atoms with E-state index in [1.54, 1.807) is 11.4 Å². The summed E-state index contributed by atoms with van der Waals surface area (Å²) in [5.41, 5.74) is 0.937. The molecule has 0 atom stereocenters. The van der Waals surface area contributed by atoms with Gasteiger partial charge in [-0.05, 0) is 46.1 Å². The second-order valence-electron chi connectivity index (χ2n) is 7.43. The number of likely N-dealkylation sites (tertiary alicyclic amines) is 1. The largest absolute Gasteiger partial charge is 0.338 e. The van der Waals surface area contributed by atoms with E-state index in [9.17, 15) is 13.2 Å². The van der Waals surface area contributed by atoms with Gasteiger partial charge in [-0.3, -0.25) is 4.79 Å². The fourth-order valence-electron chi connectivity index (χ4n) is 2.84. The summed E-state index contributed by atoms with van der Waals surface area (Å²) < 4.78 is 28.3. The second-order valence-corrected chi connectivity index (χ2v) is 11.2. The minimum absolute atomic E-state index is 0.0307. The van der Waals surface area contributed by atoms with Crippen LogP contribution in [0.15, 0.2) is 15.7 Å². The van der Waals surface area contributed by atoms with Crippen LogP contribution in [0.2, 0.25) is 0 Å². The van der Waals surface area contributed by atoms with E-state index in [4.69, 9.17) is 0 Å². The van der Waals surface area contributed by atoms with Crippen LogP contribution in [-0.2, 0) is 10.0 Å². The molecule has 0 spiro atoms. The zero-order valence-electron chi connectivity index (χ0n) is 16.0. The van der Waals surface area contributed by atoms with Crippen LogP contribution < -0.4 is 4.72 Å². The summed E-state index contributed by atoms with van der Waals surface area (Å²) in [6.07, 6.45) is 2.78. The monoisotopic (exact) mass is 427 g/mol. The molecule has 3 rings (SSSR count). The molecule has 0 aromatic carbocycles. The van der Waals surface area contributed by atoms with Gasteiger partial charge < -0.3 is 4.90 Å². The van der Waals surface area contributed by atoms with Crippen LogP contribution in [-0.4, -0.2) is 42.8 Å². The Bertz CT molecular complexity index is 938. The number of hydrogen-bond acceptors (Lipinski definition) is 6. The highest BCUT2D eigenvalue weighted by Gasteiger charge is 2.27. The number of rotatable bonds is 6. The maximum absolute atomic E-state index is 12.7. The van der Waals surface area contributed by atoms with Gasteiger partial charge in [0.15, 0.2) is 0 Å². The third kappa shape index (κ3) is 4.42.